The molecule has 0 bridgehead atoms. The third-order valence-electron chi connectivity index (χ3n) is 4.81. The molecule has 2 aliphatic carbocycles. The number of aliphatic hydroxyl groups is 1. The summed E-state index contributed by atoms with van der Waals surface area (Å²) in [6.07, 6.45) is 4.77. The minimum absolute atomic E-state index is 0.0735. The first kappa shape index (κ1) is 11.5. The molecule has 1 aromatic heterocycles. The maximum Gasteiger partial charge on any atom is 0.117 e. The molecule has 2 nitrogen and oxygen atoms in total. The third-order valence-corrected chi connectivity index (χ3v) is 6.04. The molecule has 0 saturated carbocycles. The Kier molecular flexibility index (Phi) is 2.19. The highest BCUT2D eigenvalue weighted by atomic mass is 32.1. The third kappa shape index (κ3) is 1.40. The first-order valence-electron chi connectivity index (χ1n) is 6.73. The molecule has 0 spiro atoms. The van der Waals surface area contributed by atoms with Gasteiger partial charge < -0.3 is 10.2 Å². The fourth-order valence-corrected chi connectivity index (χ4v) is 5.01. The molecule has 3 heteroatoms. The lowest BCUT2D eigenvalue weighted by Crippen LogP contribution is -2.32. The molecule has 4 rings (SSSR count). The number of fused-ring (bicyclic) bond motifs is 5. The standard InChI is InChI=1S/C16H16O2S/c1-16-7-6-11-10-3-2-9(17)8-13(10)19-15(11)12(16)4-5-14(16)18/h2-4,8,14,17-18H,5-7H2,1H3/t14-,16+/m1/s1. The van der Waals surface area contributed by atoms with Gasteiger partial charge in [-0.15, -0.1) is 11.3 Å². The molecule has 0 unspecified atom stereocenters. The van der Waals surface area contributed by atoms with E-state index in [-0.39, 0.29) is 11.5 Å². The Bertz CT molecular complexity index is 713. The Hall–Kier alpha value is -1.32. The van der Waals surface area contributed by atoms with Crippen molar-refractivity contribution < 1.29 is 10.2 Å². The van der Waals surface area contributed by atoms with Gasteiger partial charge in [0, 0.05) is 15.0 Å². The van der Waals surface area contributed by atoms with E-state index < -0.39 is 0 Å². The smallest absolute Gasteiger partial charge is 0.117 e. The van der Waals surface area contributed by atoms with Crippen molar-refractivity contribution in [1.82, 2.24) is 0 Å². The van der Waals surface area contributed by atoms with Gasteiger partial charge in [-0.25, -0.2) is 0 Å². The minimum Gasteiger partial charge on any atom is -0.508 e. The summed E-state index contributed by atoms with van der Waals surface area (Å²) in [5, 5.41) is 21.1. The first-order valence-corrected chi connectivity index (χ1v) is 7.55. The van der Waals surface area contributed by atoms with Gasteiger partial charge in [0.25, 0.3) is 0 Å². The maximum atomic E-state index is 10.2. The topological polar surface area (TPSA) is 40.5 Å². The number of aryl methyl sites for hydroxylation is 1. The lowest BCUT2D eigenvalue weighted by atomic mass is 9.71. The van der Waals surface area contributed by atoms with E-state index in [4.69, 9.17) is 0 Å². The fourth-order valence-electron chi connectivity index (χ4n) is 3.54. The molecule has 0 amide bonds. The van der Waals surface area contributed by atoms with Crippen LogP contribution in [0.4, 0.5) is 0 Å². The second-order valence-corrected chi connectivity index (χ2v) is 6.93. The molecule has 2 aliphatic rings. The molecule has 1 heterocycles. The summed E-state index contributed by atoms with van der Waals surface area (Å²) >= 11 is 1.75. The van der Waals surface area contributed by atoms with Gasteiger partial charge in [-0.1, -0.05) is 13.0 Å². The van der Waals surface area contributed by atoms with Crippen molar-refractivity contribution >= 4 is 27.0 Å². The van der Waals surface area contributed by atoms with Crippen molar-refractivity contribution in [1.29, 1.82) is 0 Å². The molecule has 1 aromatic carbocycles. The molecular weight excluding hydrogens is 256 g/mol. The lowest BCUT2D eigenvalue weighted by molar-refractivity contribution is 0.0830. The van der Waals surface area contributed by atoms with Crippen molar-refractivity contribution in [3.63, 3.8) is 0 Å². The zero-order valence-electron chi connectivity index (χ0n) is 10.8. The molecular formula is C16H16O2S. The monoisotopic (exact) mass is 272 g/mol. The highest BCUT2D eigenvalue weighted by Gasteiger charge is 2.44. The molecule has 0 aliphatic heterocycles. The number of phenolic OH excluding ortho intramolecular Hbond substituents is 1. The van der Waals surface area contributed by atoms with Crippen molar-refractivity contribution in [3.05, 3.63) is 34.7 Å². The molecule has 2 aromatic rings. The molecule has 2 N–H and O–H groups in total. The van der Waals surface area contributed by atoms with E-state index in [0.717, 1.165) is 24.0 Å². The van der Waals surface area contributed by atoms with Crippen LogP contribution in [0.2, 0.25) is 0 Å². The maximum absolute atomic E-state index is 10.2. The van der Waals surface area contributed by atoms with Crippen LogP contribution in [0.25, 0.3) is 15.7 Å². The minimum atomic E-state index is -0.241. The number of aliphatic hydroxyl groups excluding tert-OH is 1. The van der Waals surface area contributed by atoms with Gasteiger partial charge in [-0.05, 0) is 54.0 Å². The summed E-state index contributed by atoms with van der Waals surface area (Å²) in [7, 11) is 0. The summed E-state index contributed by atoms with van der Waals surface area (Å²) < 4.78 is 1.15. The average molecular weight is 272 g/mol. The van der Waals surface area contributed by atoms with Crippen LogP contribution < -0.4 is 0 Å². The number of rotatable bonds is 0. The quantitative estimate of drug-likeness (QED) is 0.767. The molecule has 0 saturated heterocycles. The summed E-state index contributed by atoms with van der Waals surface area (Å²) in [6.45, 7) is 2.18. The van der Waals surface area contributed by atoms with Gasteiger partial charge in [-0.3, -0.25) is 0 Å². The Morgan fingerprint density at radius 3 is 3.05 bits per heavy atom. The van der Waals surface area contributed by atoms with Gasteiger partial charge >= 0.3 is 0 Å². The van der Waals surface area contributed by atoms with E-state index in [2.05, 4.69) is 13.0 Å². The zero-order valence-corrected chi connectivity index (χ0v) is 11.6. The normalized spacial score (nSPS) is 29.2. The molecule has 19 heavy (non-hydrogen) atoms. The first-order chi connectivity index (χ1) is 9.09. The van der Waals surface area contributed by atoms with Gasteiger partial charge in [-0.2, -0.15) is 0 Å². The Morgan fingerprint density at radius 2 is 2.21 bits per heavy atom. The average Bonchev–Trinajstić information content (AvgIpc) is 2.87. The van der Waals surface area contributed by atoms with E-state index >= 15 is 0 Å². The van der Waals surface area contributed by atoms with E-state index in [1.165, 1.54) is 21.4 Å². The van der Waals surface area contributed by atoms with Crippen LogP contribution in [0.15, 0.2) is 24.3 Å². The van der Waals surface area contributed by atoms with Gasteiger partial charge in [0.15, 0.2) is 0 Å². The summed E-state index contributed by atoms with van der Waals surface area (Å²) in [6, 6.07) is 5.64. The van der Waals surface area contributed by atoms with Gasteiger partial charge in [0.05, 0.1) is 6.10 Å². The highest BCUT2D eigenvalue weighted by Crippen LogP contribution is 2.55. The van der Waals surface area contributed by atoms with Crippen LogP contribution in [0.5, 0.6) is 5.75 Å². The summed E-state index contributed by atoms with van der Waals surface area (Å²) in [5.41, 5.74) is 2.65. The van der Waals surface area contributed by atoms with Crippen molar-refractivity contribution in [2.75, 3.05) is 0 Å². The van der Waals surface area contributed by atoms with E-state index in [0.29, 0.717) is 5.75 Å². The molecule has 0 fully saturated rings. The number of hydrogen-bond donors (Lipinski definition) is 2. The van der Waals surface area contributed by atoms with Crippen LogP contribution in [0.1, 0.15) is 30.2 Å². The number of benzene rings is 1. The summed E-state index contributed by atoms with van der Waals surface area (Å²) in [4.78, 5) is 1.32. The zero-order chi connectivity index (χ0) is 13.2. The van der Waals surface area contributed by atoms with Crippen LogP contribution in [-0.2, 0) is 6.42 Å². The SMILES string of the molecule is C[C@]12CCc3c(sc4cc(O)ccc34)C1=CC[C@H]2O. The number of phenols is 1. The van der Waals surface area contributed by atoms with Gasteiger partial charge in [0.2, 0.25) is 0 Å². The van der Waals surface area contributed by atoms with E-state index in [1.54, 1.807) is 17.4 Å². The Morgan fingerprint density at radius 1 is 1.37 bits per heavy atom. The van der Waals surface area contributed by atoms with Crippen LogP contribution in [-0.4, -0.2) is 16.3 Å². The predicted molar refractivity (Wildman–Crippen MR) is 78.5 cm³/mol. The number of hydrogen-bond acceptors (Lipinski definition) is 3. The van der Waals surface area contributed by atoms with Crippen molar-refractivity contribution in [2.24, 2.45) is 5.41 Å². The van der Waals surface area contributed by atoms with Crippen LogP contribution >= 0.6 is 11.3 Å². The van der Waals surface area contributed by atoms with Crippen molar-refractivity contribution in [2.45, 2.75) is 32.3 Å². The number of thiophene rings is 1. The highest BCUT2D eigenvalue weighted by molar-refractivity contribution is 7.20. The predicted octanol–water partition coefficient (Wildman–Crippen LogP) is 3.71. The Balaban J connectivity index is 1.98. The molecule has 0 radical (unpaired) electrons. The summed E-state index contributed by atoms with van der Waals surface area (Å²) in [5.74, 6) is 0.328. The fraction of sp³-hybridized carbons (Fsp3) is 0.375. The second-order valence-electron chi connectivity index (χ2n) is 5.88. The van der Waals surface area contributed by atoms with E-state index in [9.17, 15) is 10.2 Å². The Labute approximate surface area is 116 Å². The van der Waals surface area contributed by atoms with Crippen molar-refractivity contribution in [3.8, 4) is 5.75 Å². The molecule has 98 valence electrons. The van der Waals surface area contributed by atoms with Crippen LogP contribution in [0.3, 0.4) is 0 Å². The largest absolute Gasteiger partial charge is 0.508 e. The number of aromatic hydroxyl groups is 1. The van der Waals surface area contributed by atoms with Crippen LogP contribution in [0, 0.1) is 5.41 Å². The second kappa shape index (κ2) is 3.62. The lowest BCUT2D eigenvalue weighted by Gasteiger charge is -2.35. The van der Waals surface area contributed by atoms with Gasteiger partial charge in [0.1, 0.15) is 5.75 Å². The molecule has 2 atom stereocenters. The van der Waals surface area contributed by atoms with E-state index in [1.807, 2.05) is 12.1 Å².